The number of aromatic nitrogens is 4. The van der Waals surface area contributed by atoms with E-state index in [1.165, 1.54) is 11.3 Å². The van der Waals surface area contributed by atoms with Gasteiger partial charge in [-0.15, -0.1) is 16.4 Å². The molecule has 0 unspecified atom stereocenters. The van der Waals surface area contributed by atoms with Crippen molar-refractivity contribution in [1.82, 2.24) is 25.5 Å². The first-order valence-corrected chi connectivity index (χ1v) is 7.03. The first kappa shape index (κ1) is 13.4. The minimum Gasteiger partial charge on any atom is -0.397 e. The molecule has 0 aliphatic heterocycles. The number of thiophene rings is 1. The zero-order chi connectivity index (χ0) is 14.8. The third-order valence-corrected chi connectivity index (χ3v) is 3.99. The summed E-state index contributed by atoms with van der Waals surface area (Å²) in [6.45, 7) is 2.12. The number of hydrogen-bond donors (Lipinski definition) is 2. The fraction of sp³-hybridized carbons (Fsp3) is 0.154. The Bertz CT molecular complexity index is 815. The van der Waals surface area contributed by atoms with Crippen LogP contribution in [0.15, 0.2) is 24.5 Å². The highest BCUT2D eigenvalue weighted by Crippen LogP contribution is 2.31. The van der Waals surface area contributed by atoms with E-state index in [1.54, 1.807) is 31.5 Å². The van der Waals surface area contributed by atoms with E-state index in [0.717, 1.165) is 11.1 Å². The molecule has 3 heterocycles. The van der Waals surface area contributed by atoms with Crippen molar-refractivity contribution in [2.24, 2.45) is 0 Å². The molecule has 0 saturated heterocycles. The topological polar surface area (TPSA) is 107 Å². The van der Waals surface area contributed by atoms with Gasteiger partial charge in [-0.3, -0.25) is 4.79 Å². The van der Waals surface area contributed by atoms with E-state index in [1.807, 2.05) is 0 Å². The van der Waals surface area contributed by atoms with Gasteiger partial charge in [-0.05, 0) is 19.1 Å². The van der Waals surface area contributed by atoms with Crippen molar-refractivity contribution in [1.29, 1.82) is 0 Å². The van der Waals surface area contributed by atoms with Crippen LogP contribution in [0.4, 0.5) is 5.69 Å². The van der Waals surface area contributed by atoms with Crippen LogP contribution in [-0.2, 0) is 6.54 Å². The summed E-state index contributed by atoms with van der Waals surface area (Å²) >= 11 is 1.23. The SMILES string of the molecule is Cc1nccc(CNC(=O)c2sc3nnccc3c2N)n1. The molecule has 21 heavy (non-hydrogen) atoms. The monoisotopic (exact) mass is 300 g/mol. The Morgan fingerprint density at radius 2 is 2.24 bits per heavy atom. The predicted octanol–water partition coefficient (Wildman–Crippen LogP) is 1.30. The van der Waals surface area contributed by atoms with E-state index >= 15 is 0 Å². The van der Waals surface area contributed by atoms with Gasteiger partial charge in [0.25, 0.3) is 5.91 Å². The van der Waals surface area contributed by atoms with Crippen molar-refractivity contribution in [3.63, 3.8) is 0 Å². The smallest absolute Gasteiger partial charge is 0.263 e. The number of amides is 1. The predicted molar refractivity (Wildman–Crippen MR) is 79.8 cm³/mol. The van der Waals surface area contributed by atoms with Gasteiger partial charge < -0.3 is 11.1 Å². The third kappa shape index (κ3) is 2.65. The molecule has 3 aromatic heterocycles. The third-order valence-electron chi connectivity index (χ3n) is 2.89. The fourth-order valence-corrected chi connectivity index (χ4v) is 2.85. The molecule has 0 saturated carbocycles. The first-order valence-electron chi connectivity index (χ1n) is 6.21. The second-order valence-electron chi connectivity index (χ2n) is 4.37. The van der Waals surface area contributed by atoms with Gasteiger partial charge >= 0.3 is 0 Å². The summed E-state index contributed by atoms with van der Waals surface area (Å²) < 4.78 is 0. The second kappa shape index (κ2) is 5.41. The van der Waals surface area contributed by atoms with E-state index in [4.69, 9.17) is 5.73 Å². The molecule has 0 aliphatic rings. The number of nitrogens with one attached hydrogen (secondary N) is 1. The minimum absolute atomic E-state index is 0.244. The maximum absolute atomic E-state index is 12.2. The standard InChI is InChI=1S/C13H12N6OS/c1-7-15-4-2-8(18-7)6-16-12(20)11-10(14)9-3-5-17-19-13(9)21-11/h2-5H,6,14H2,1H3,(H,16,20). The largest absolute Gasteiger partial charge is 0.397 e. The first-order chi connectivity index (χ1) is 10.1. The van der Waals surface area contributed by atoms with Crippen LogP contribution in [0.1, 0.15) is 21.2 Å². The van der Waals surface area contributed by atoms with Crippen molar-refractivity contribution in [2.75, 3.05) is 5.73 Å². The van der Waals surface area contributed by atoms with Crippen LogP contribution < -0.4 is 11.1 Å². The summed E-state index contributed by atoms with van der Waals surface area (Å²) in [4.78, 5) is 21.6. The molecule has 0 aromatic carbocycles. The van der Waals surface area contributed by atoms with Gasteiger partial charge in [0.2, 0.25) is 0 Å². The highest BCUT2D eigenvalue weighted by Gasteiger charge is 2.17. The molecular weight excluding hydrogens is 288 g/mol. The second-order valence-corrected chi connectivity index (χ2v) is 5.37. The Morgan fingerprint density at radius 1 is 1.38 bits per heavy atom. The van der Waals surface area contributed by atoms with Gasteiger partial charge in [0, 0.05) is 11.6 Å². The number of rotatable bonds is 3. The number of nitrogens with two attached hydrogens (primary N) is 1. The molecule has 0 atom stereocenters. The number of aryl methyl sites for hydroxylation is 1. The van der Waals surface area contributed by atoms with Crippen LogP contribution in [-0.4, -0.2) is 26.1 Å². The highest BCUT2D eigenvalue weighted by atomic mass is 32.1. The van der Waals surface area contributed by atoms with Crippen LogP contribution in [0.25, 0.3) is 10.2 Å². The van der Waals surface area contributed by atoms with Crippen LogP contribution in [0.5, 0.6) is 0 Å². The molecule has 3 aromatic rings. The van der Waals surface area contributed by atoms with Crippen molar-refractivity contribution in [2.45, 2.75) is 13.5 Å². The van der Waals surface area contributed by atoms with Crippen molar-refractivity contribution < 1.29 is 4.79 Å². The lowest BCUT2D eigenvalue weighted by molar-refractivity contribution is 0.0955. The molecule has 0 fully saturated rings. The maximum atomic E-state index is 12.2. The summed E-state index contributed by atoms with van der Waals surface area (Å²) in [7, 11) is 0. The van der Waals surface area contributed by atoms with Gasteiger partial charge in [-0.1, -0.05) is 0 Å². The van der Waals surface area contributed by atoms with E-state index in [9.17, 15) is 4.79 Å². The summed E-state index contributed by atoms with van der Waals surface area (Å²) in [5.41, 5.74) is 7.17. The van der Waals surface area contributed by atoms with E-state index in [2.05, 4.69) is 25.5 Å². The Morgan fingerprint density at radius 3 is 3.00 bits per heavy atom. The van der Waals surface area contributed by atoms with Crippen LogP contribution in [0.2, 0.25) is 0 Å². The van der Waals surface area contributed by atoms with Crippen LogP contribution >= 0.6 is 11.3 Å². The number of nitrogens with zero attached hydrogens (tertiary/aromatic N) is 4. The number of fused-ring (bicyclic) bond motifs is 1. The number of carbonyl (C=O) groups is 1. The number of anilines is 1. The Hall–Kier alpha value is -2.61. The minimum atomic E-state index is -0.244. The summed E-state index contributed by atoms with van der Waals surface area (Å²) in [5, 5.41) is 11.3. The zero-order valence-corrected chi connectivity index (χ0v) is 12.0. The highest BCUT2D eigenvalue weighted by molar-refractivity contribution is 7.21. The van der Waals surface area contributed by atoms with Crippen LogP contribution in [0, 0.1) is 6.92 Å². The number of carbonyl (C=O) groups excluding carboxylic acids is 1. The summed E-state index contributed by atoms with van der Waals surface area (Å²) in [5.74, 6) is 0.421. The molecule has 1 amide bonds. The van der Waals surface area contributed by atoms with Gasteiger partial charge in [0.1, 0.15) is 15.5 Å². The zero-order valence-electron chi connectivity index (χ0n) is 11.2. The van der Waals surface area contributed by atoms with Gasteiger partial charge in [-0.25, -0.2) is 9.97 Å². The molecule has 3 N–H and O–H groups in total. The molecule has 0 aliphatic carbocycles. The number of hydrogen-bond acceptors (Lipinski definition) is 7. The lowest BCUT2D eigenvalue weighted by atomic mass is 10.3. The lowest BCUT2D eigenvalue weighted by Crippen LogP contribution is -2.23. The Balaban J connectivity index is 1.79. The fourth-order valence-electron chi connectivity index (χ4n) is 1.90. The molecule has 0 bridgehead atoms. The lowest BCUT2D eigenvalue weighted by Gasteiger charge is -2.04. The van der Waals surface area contributed by atoms with Gasteiger partial charge in [0.15, 0.2) is 0 Å². The number of nitrogen functional groups attached to an aromatic ring is 1. The molecule has 3 rings (SSSR count). The molecular formula is C13H12N6OS. The molecule has 8 heteroatoms. The van der Waals surface area contributed by atoms with E-state index < -0.39 is 0 Å². The molecule has 0 spiro atoms. The molecule has 106 valence electrons. The average Bonchev–Trinajstić information content (AvgIpc) is 2.83. The van der Waals surface area contributed by atoms with E-state index in [0.29, 0.717) is 27.8 Å². The van der Waals surface area contributed by atoms with Crippen molar-refractivity contribution in [3.8, 4) is 0 Å². The van der Waals surface area contributed by atoms with Gasteiger partial charge in [-0.2, -0.15) is 5.10 Å². The quantitative estimate of drug-likeness (QED) is 0.755. The average molecular weight is 300 g/mol. The van der Waals surface area contributed by atoms with Gasteiger partial charge in [0.05, 0.1) is 24.1 Å². The molecule has 7 nitrogen and oxygen atoms in total. The van der Waals surface area contributed by atoms with Crippen molar-refractivity contribution in [3.05, 3.63) is 40.9 Å². The van der Waals surface area contributed by atoms with Crippen molar-refractivity contribution >= 4 is 33.1 Å². The molecule has 0 radical (unpaired) electrons. The maximum Gasteiger partial charge on any atom is 0.263 e. The van der Waals surface area contributed by atoms with Crippen LogP contribution in [0.3, 0.4) is 0 Å². The Labute approximate surface area is 124 Å². The normalized spacial score (nSPS) is 10.7. The summed E-state index contributed by atoms with van der Waals surface area (Å²) in [6, 6.07) is 3.51. The Kier molecular flexibility index (Phi) is 3.44. The van der Waals surface area contributed by atoms with E-state index in [-0.39, 0.29) is 5.91 Å². The summed E-state index contributed by atoms with van der Waals surface area (Å²) in [6.07, 6.45) is 3.21.